The molecule has 0 saturated carbocycles. The van der Waals surface area contributed by atoms with Crippen molar-refractivity contribution in [3.63, 3.8) is 0 Å². The maximum atomic E-state index is 12.1. The summed E-state index contributed by atoms with van der Waals surface area (Å²) in [5.74, 6) is 0.182. The number of likely N-dealkylation sites (tertiary alicyclic amines) is 1. The van der Waals surface area contributed by atoms with Gasteiger partial charge in [0.2, 0.25) is 5.91 Å². The summed E-state index contributed by atoms with van der Waals surface area (Å²) in [6, 6.07) is 9.83. The van der Waals surface area contributed by atoms with Gasteiger partial charge in [-0.1, -0.05) is 12.1 Å². The lowest BCUT2D eigenvalue weighted by atomic mass is 9.94. The minimum atomic E-state index is -0.289. The minimum absolute atomic E-state index is 0.182. The van der Waals surface area contributed by atoms with Crippen molar-refractivity contribution in [3.05, 3.63) is 35.4 Å². The molecule has 2 fully saturated rings. The highest BCUT2D eigenvalue weighted by Gasteiger charge is 2.49. The normalized spacial score (nSPS) is 26.6. The Balaban J connectivity index is 1.82. The molecule has 2 saturated heterocycles. The molecule has 2 heterocycles. The van der Waals surface area contributed by atoms with Crippen molar-refractivity contribution in [2.45, 2.75) is 31.3 Å². The first kappa shape index (κ1) is 12.2. The quantitative estimate of drug-likeness (QED) is 0.869. The lowest BCUT2D eigenvalue weighted by Gasteiger charge is -2.32. The molecule has 3 rings (SSSR count). The van der Waals surface area contributed by atoms with Crippen LogP contribution >= 0.6 is 0 Å². The number of nitrogens with zero attached hydrogens (tertiary/aromatic N) is 2. The second kappa shape index (κ2) is 4.67. The first-order valence-electron chi connectivity index (χ1n) is 6.77. The van der Waals surface area contributed by atoms with E-state index in [9.17, 15) is 4.79 Å². The average molecular weight is 255 g/mol. The summed E-state index contributed by atoms with van der Waals surface area (Å²) in [6.45, 7) is 2.50. The summed E-state index contributed by atoms with van der Waals surface area (Å²) in [7, 11) is 0. The van der Waals surface area contributed by atoms with E-state index in [2.05, 4.69) is 16.3 Å². The Bertz CT molecular complexity index is 545. The van der Waals surface area contributed by atoms with Crippen molar-refractivity contribution in [1.82, 2.24) is 10.2 Å². The topological polar surface area (TPSA) is 56.1 Å². The highest BCUT2D eigenvalue weighted by Crippen LogP contribution is 2.36. The molecule has 1 unspecified atom stereocenters. The number of hydrogen-bond acceptors (Lipinski definition) is 3. The largest absolute Gasteiger partial charge is 0.354 e. The second-order valence-corrected chi connectivity index (χ2v) is 5.37. The number of carbonyl (C=O) groups is 1. The van der Waals surface area contributed by atoms with E-state index in [0.29, 0.717) is 5.56 Å². The maximum absolute atomic E-state index is 12.1. The molecule has 4 nitrogen and oxygen atoms in total. The van der Waals surface area contributed by atoms with Crippen LogP contribution in [0.3, 0.4) is 0 Å². The molecule has 0 bridgehead atoms. The molecule has 1 atom stereocenters. The van der Waals surface area contributed by atoms with Gasteiger partial charge in [0.1, 0.15) is 5.54 Å². The maximum Gasteiger partial charge on any atom is 0.240 e. The first-order chi connectivity index (χ1) is 9.24. The number of hydrogen-bond donors (Lipinski definition) is 1. The van der Waals surface area contributed by atoms with Crippen LogP contribution in [0.2, 0.25) is 0 Å². The minimum Gasteiger partial charge on any atom is -0.354 e. The molecule has 2 aliphatic rings. The van der Waals surface area contributed by atoms with Gasteiger partial charge in [-0.05, 0) is 43.5 Å². The van der Waals surface area contributed by atoms with Gasteiger partial charge >= 0.3 is 0 Å². The zero-order chi connectivity index (χ0) is 13.3. The Kier molecular flexibility index (Phi) is 3.00. The Morgan fingerprint density at radius 1 is 1.42 bits per heavy atom. The number of rotatable bonds is 2. The van der Waals surface area contributed by atoms with Crippen LogP contribution in [0, 0.1) is 11.3 Å². The Morgan fingerprint density at radius 2 is 2.32 bits per heavy atom. The standard InChI is InChI=1S/C15H17N3O/c16-10-12-3-1-4-13(9-12)11-18-8-2-5-15(18)6-7-17-14(15)19/h1,3-4,9H,2,5-8,11H2,(H,17,19). The molecule has 19 heavy (non-hydrogen) atoms. The number of carbonyl (C=O) groups excluding carboxylic acids is 1. The zero-order valence-corrected chi connectivity index (χ0v) is 10.9. The molecule has 98 valence electrons. The Labute approximate surface area is 113 Å². The number of amides is 1. The second-order valence-electron chi connectivity index (χ2n) is 5.37. The van der Waals surface area contributed by atoms with Gasteiger partial charge in [0, 0.05) is 13.1 Å². The molecule has 1 amide bonds. The van der Waals surface area contributed by atoms with Crippen LogP contribution in [0.5, 0.6) is 0 Å². The third-order valence-corrected chi connectivity index (χ3v) is 4.30. The van der Waals surface area contributed by atoms with E-state index >= 15 is 0 Å². The fourth-order valence-corrected chi connectivity index (χ4v) is 3.33. The molecule has 0 aliphatic carbocycles. The Hall–Kier alpha value is -1.86. The molecule has 1 N–H and O–H groups in total. The molecule has 0 aromatic heterocycles. The smallest absolute Gasteiger partial charge is 0.240 e. The van der Waals surface area contributed by atoms with Gasteiger partial charge in [0.15, 0.2) is 0 Å². The van der Waals surface area contributed by atoms with Crippen LogP contribution in [0.25, 0.3) is 0 Å². The van der Waals surface area contributed by atoms with E-state index in [1.54, 1.807) is 0 Å². The third kappa shape index (κ3) is 2.00. The lowest BCUT2D eigenvalue weighted by Crippen LogP contribution is -2.49. The van der Waals surface area contributed by atoms with Crippen LogP contribution < -0.4 is 5.32 Å². The molecule has 1 spiro atoms. The molecule has 0 radical (unpaired) electrons. The van der Waals surface area contributed by atoms with Crippen molar-refractivity contribution >= 4 is 5.91 Å². The lowest BCUT2D eigenvalue weighted by molar-refractivity contribution is -0.128. The van der Waals surface area contributed by atoms with Crippen molar-refractivity contribution in [3.8, 4) is 6.07 Å². The summed E-state index contributed by atoms with van der Waals surface area (Å²) in [5, 5.41) is 11.9. The predicted octanol–water partition coefficient (Wildman–Crippen LogP) is 1.41. The monoisotopic (exact) mass is 255 g/mol. The van der Waals surface area contributed by atoms with Crippen molar-refractivity contribution in [1.29, 1.82) is 5.26 Å². The predicted molar refractivity (Wildman–Crippen MR) is 71.2 cm³/mol. The Morgan fingerprint density at radius 3 is 3.05 bits per heavy atom. The van der Waals surface area contributed by atoms with Gasteiger partial charge in [-0.15, -0.1) is 0 Å². The molecule has 1 aromatic carbocycles. The van der Waals surface area contributed by atoms with Crippen LogP contribution in [0.15, 0.2) is 24.3 Å². The fraction of sp³-hybridized carbons (Fsp3) is 0.467. The molecule has 4 heteroatoms. The van der Waals surface area contributed by atoms with Gasteiger partial charge in [0.05, 0.1) is 11.6 Å². The van der Waals surface area contributed by atoms with Gasteiger partial charge in [0.25, 0.3) is 0 Å². The van der Waals surface area contributed by atoms with E-state index in [-0.39, 0.29) is 11.4 Å². The fourth-order valence-electron chi connectivity index (χ4n) is 3.33. The van der Waals surface area contributed by atoms with Crippen molar-refractivity contribution in [2.75, 3.05) is 13.1 Å². The molecular weight excluding hydrogens is 238 g/mol. The van der Waals surface area contributed by atoms with Crippen LogP contribution in [0.1, 0.15) is 30.4 Å². The summed E-state index contributed by atoms with van der Waals surface area (Å²) in [5.41, 5.74) is 1.50. The summed E-state index contributed by atoms with van der Waals surface area (Å²) in [4.78, 5) is 14.4. The van der Waals surface area contributed by atoms with E-state index < -0.39 is 0 Å². The third-order valence-electron chi connectivity index (χ3n) is 4.30. The number of nitrogens with one attached hydrogen (secondary N) is 1. The summed E-state index contributed by atoms with van der Waals surface area (Å²) < 4.78 is 0. The van der Waals surface area contributed by atoms with Crippen molar-refractivity contribution in [2.24, 2.45) is 0 Å². The van der Waals surface area contributed by atoms with Crippen molar-refractivity contribution < 1.29 is 4.79 Å². The summed E-state index contributed by atoms with van der Waals surface area (Å²) >= 11 is 0. The van der Waals surface area contributed by atoms with Gasteiger partial charge in [-0.2, -0.15) is 5.26 Å². The van der Waals surface area contributed by atoms with E-state index in [1.807, 2.05) is 24.3 Å². The number of benzene rings is 1. The SMILES string of the molecule is N#Cc1cccc(CN2CCCC23CCNC3=O)c1. The van der Waals surface area contributed by atoms with E-state index in [0.717, 1.165) is 44.5 Å². The van der Waals surface area contributed by atoms with Gasteiger partial charge in [-0.25, -0.2) is 0 Å². The van der Waals surface area contributed by atoms with E-state index in [1.165, 1.54) is 0 Å². The molecule has 1 aromatic rings. The van der Waals surface area contributed by atoms with Crippen LogP contribution in [0.4, 0.5) is 0 Å². The van der Waals surface area contributed by atoms with E-state index in [4.69, 9.17) is 5.26 Å². The zero-order valence-electron chi connectivity index (χ0n) is 10.9. The number of nitriles is 1. The molecule has 2 aliphatic heterocycles. The highest BCUT2D eigenvalue weighted by molar-refractivity contribution is 5.88. The highest BCUT2D eigenvalue weighted by atomic mass is 16.2. The first-order valence-corrected chi connectivity index (χ1v) is 6.77. The molecular formula is C15H17N3O. The van der Waals surface area contributed by atoms with Crippen LogP contribution in [-0.2, 0) is 11.3 Å². The van der Waals surface area contributed by atoms with Crippen LogP contribution in [-0.4, -0.2) is 29.4 Å². The van der Waals surface area contributed by atoms with Gasteiger partial charge < -0.3 is 5.32 Å². The summed E-state index contributed by atoms with van der Waals surface area (Å²) in [6.07, 6.45) is 2.94. The van der Waals surface area contributed by atoms with Gasteiger partial charge in [-0.3, -0.25) is 9.69 Å². The average Bonchev–Trinajstić information content (AvgIpc) is 2.99.